The molecule has 0 radical (unpaired) electrons. The lowest BCUT2D eigenvalue weighted by molar-refractivity contribution is -0.130. The molecule has 0 bridgehead atoms. The zero-order valence-corrected chi connectivity index (χ0v) is 20.9. The summed E-state index contributed by atoms with van der Waals surface area (Å²) in [5.74, 6) is 0.925. The van der Waals surface area contributed by atoms with Crippen LogP contribution in [0.2, 0.25) is 0 Å². The Labute approximate surface area is 212 Å². The number of carbonyl (C=O) groups excluding carboxylic acids is 2. The summed E-state index contributed by atoms with van der Waals surface area (Å²) in [5.41, 5.74) is 3.54. The van der Waals surface area contributed by atoms with E-state index in [4.69, 9.17) is 4.84 Å². The molecule has 4 heterocycles. The van der Waals surface area contributed by atoms with E-state index in [9.17, 15) is 9.59 Å². The Morgan fingerprint density at radius 3 is 2.75 bits per heavy atom. The Bertz CT molecular complexity index is 1180. The number of amides is 2. The van der Waals surface area contributed by atoms with Gasteiger partial charge in [-0.2, -0.15) is 0 Å². The number of nitrogens with zero attached hydrogens (tertiary/aromatic N) is 4. The van der Waals surface area contributed by atoms with E-state index < -0.39 is 0 Å². The second kappa shape index (κ2) is 10.2. The third-order valence-electron chi connectivity index (χ3n) is 7.66. The molecule has 8 heteroatoms. The highest BCUT2D eigenvalue weighted by Crippen LogP contribution is 2.40. The number of oxime groups is 1. The molecule has 8 nitrogen and oxygen atoms in total. The van der Waals surface area contributed by atoms with Gasteiger partial charge in [-0.15, -0.1) is 0 Å². The molecule has 5 rings (SSSR count). The topological polar surface area (TPSA) is 87.1 Å². The first-order valence-electron chi connectivity index (χ1n) is 12.6. The number of likely N-dealkylation sites (tertiary alicyclic amines) is 2. The van der Waals surface area contributed by atoms with E-state index in [0.29, 0.717) is 31.9 Å². The summed E-state index contributed by atoms with van der Waals surface area (Å²) in [6.45, 7) is 5.50. The standard InChI is InChI=1S/C28H33N5O3/c1-20(31-36-19-21-6-4-3-5-7-21)24-17-33(18-24)25(34)9-8-22-14-23-15-28(10-12-32(2)13-11-28)27(35)30-26(23)29-16-22/h3-9,14,16,24H,10-13,15,17-19H2,1-2H3,(H,29,30,35). The van der Waals surface area contributed by atoms with Crippen LogP contribution in [0.3, 0.4) is 0 Å². The number of carbonyl (C=O) groups is 2. The minimum Gasteiger partial charge on any atom is -0.391 e. The van der Waals surface area contributed by atoms with Gasteiger partial charge in [0.1, 0.15) is 12.4 Å². The molecule has 2 aromatic rings. The number of anilines is 1. The number of pyridine rings is 1. The van der Waals surface area contributed by atoms with Crippen molar-refractivity contribution < 1.29 is 14.4 Å². The lowest BCUT2D eigenvalue weighted by atomic mass is 9.71. The number of hydrogen-bond donors (Lipinski definition) is 1. The highest BCUT2D eigenvalue weighted by molar-refractivity contribution is 5.98. The van der Waals surface area contributed by atoms with Crippen molar-refractivity contribution in [3.8, 4) is 0 Å². The van der Waals surface area contributed by atoms with E-state index in [-0.39, 0.29) is 23.1 Å². The number of hydrogen-bond acceptors (Lipinski definition) is 6. The maximum atomic E-state index is 12.8. The molecule has 1 spiro atoms. The fourth-order valence-corrected chi connectivity index (χ4v) is 5.06. The molecular weight excluding hydrogens is 454 g/mol. The van der Waals surface area contributed by atoms with Crippen LogP contribution in [0.25, 0.3) is 6.08 Å². The van der Waals surface area contributed by atoms with Gasteiger partial charge in [0.15, 0.2) is 0 Å². The van der Waals surface area contributed by atoms with Crippen LogP contribution in [0, 0.1) is 11.3 Å². The summed E-state index contributed by atoms with van der Waals surface area (Å²) < 4.78 is 0. The minimum atomic E-state index is -0.351. The predicted molar refractivity (Wildman–Crippen MR) is 139 cm³/mol. The van der Waals surface area contributed by atoms with E-state index in [1.807, 2.05) is 49.4 Å². The van der Waals surface area contributed by atoms with Crippen LogP contribution < -0.4 is 5.32 Å². The molecule has 0 aliphatic carbocycles. The quantitative estimate of drug-likeness (QED) is 0.384. The fourth-order valence-electron chi connectivity index (χ4n) is 5.06. The summed E-state index contributed by atoms with van der Waals surface area (Å²) in [6, 6.07) is 12.0. The summed E-state index contributed by atoms with van der Waals surface area (Å²) in [5, 5.41) is 7.25. The molecule has 1 aromatic carbocycles. The molecule has 3 aliphatic rings. The maximum absolute atomic E-state index is 12.8. The van der Waals surface area contributed by atoms with Crippen LogP contribution in [0.1, 0.15) is 36.5 Å². The normalized spacial score (nSPS) is 20.2. The van der Waals surface area contributed by atoms with Gasteiger partial charge in [0.05, 0.1) is 11.1 Å². The van der Waals surface area contributed by atoms with Crippen molar-refractivity contribution in [2.45, 2.75) is 32.8 Å². The Morgan fingerprint density at radius 2 is 2.00 bits per heavy atom. The van der Waals surface area contributed by atoms with Gasteiger partial charge in [0.25, 0.3) is 0 Å². The lowest BCUT2D eigenvalue weighted by Gasteiger charge is -2.42. The van der Waals surface area contributed by atoms with Crippen molar-refractivity contribution in [3.63, 3.8) is 0 Å². The largest absolute Gasteiger partial charge is 0.391 e. The number of piperidine rings is 1. The van der Waals surface area contributed by atoms with E-state index in [1.54, 1.807) is 17.2 Å². The molecule has 1 N–H and O–H groups in total. The summed E-state index contributed by atoms with van der Waals surface area (Å²) in [6.07, 6.45) is 7.51. The highest BCUT2D eigenvalue weighted by atomic mass is 16.6. The van der Waals surface area contributed by atoms with E-state index in [1.165, 1.54) is 0 Å². The summed E-state index contributed by atoms with van der Waals surface area (Å²) in [7, 11) is 2.09. The van der Waals surface area contributed by atoms with Gasteiger partial charge in [-0.25, -0.2) is 4.98 Å². The second-order valence-electron chi connectivity index (χ2n) is 10.3. The first-order valence-corrected chi connectivity index (χ1v) is 12.6. The number of benzene rings is 1. The number of nitrogens with one attached hydrogen (secondary N) is 1. The molecule has 2 amide bonds. The average Bonchev–Trinajstić information content (AvgIpc) is 2.85. The molecule has 1 aromatic heterocycles. The number of aromatic nitrogens is 1. The first-order chi connectivity index (χ1) is 17.4. The van der Waals surface area contributed by atoms with Gasteiger partial charge in [-0.1, -0.05) is 35.5 Å². The van der Waals surface area contributed by atoms with Crippen molar-refractivity contribution in [2.75, 3.05) is 38.5 Å². The molecule has 3 aliphatic heterocycles. The predicted octanol–water partition coefficient (Wildman–Crippen LogP) is 3.35. The van der Waals surface area contributed by atoms with Crippen molar-refractivity contribution in [1.29, 1.82) is 0 Å². The molecule has 2 fully saturated rings. The van der Waals surface area contributed by atoms with Crippen molar-refractivity contribution >= 4 is 29.4 Å². The van der Waals surface area contributed by atoms with Crippen LogP contribution in [0.15, 0.2) is 53.8 Å². The van der Waals surface area contributed by atoms with Crippen LogP contribution in [-0.4, -0.2) is 65.5 Å². The van der Waals surface area contributed by atoms with E-state index in [2.05, 4.69) is 27.4 Å². The Hall–Kier alpha value is -3.52. The smallest absolute Gasteiger partial charge is 0.246 e. The second-order valence-corrected chi connectivity index (χ2v) is 10.3. The zero-order chi connectivity index (χ0) is 25.1. The summed E-state index contributed by atoms with van der Waals surface area (Å²) in [4.78, 5) is 39.5. The van der Waals surface area contributed by atoms with E-state index >= 15 is 0 Å². The summed E-state index contributed by atoms with van der Waals surface area (Å²) >= 11 is 0. The van der Waals surface area contributed by atoms with Gasteiger partial charge < -0.3 is 20.0 Å². The lowest BCUT2D eigenvalue weighted by Crippen LogP contribution is -2.52. The first kappa shape index (κ1) is 24.2. The molecule has 0 unspecified atom stereocenters. The van der Waals surface area contributed by atoms with Crippen molar-refractivity contribution in [3.05, 3.63) is 65.4 Å². The molecular formula is C28H33N5O3. The van der Waals surface area contributed by atoms with Gasteiger partial charge in [0.2, 0.25) is 11.8 Å². The van der Waals surface area contributed by atoms with E-state index in [0.717, 1.165) is 48.3 Å². The highest BCUT2D eigenvalue weighted by Gasteiger charge is 2.44. The SMILES string of the molecule is CC(=NOCc1ccccc1)C1CN(C(=O)C=Cc2cnc3c(c2)CC2(CCN(C)CC2)C(=O)N3)C1. The Kier molecular flexibility index (Phi) is 6.87. The molecule has 0 atom stereocenters. The number of rotatable bonds is 6. The van der Waals surface area contributed by atoms with Crippen molar-refractivity contribution in [1.82, 2.24) is 14.8 Å². The average molecular weight is 488 g/mol. The van der Waals surface area contributed by atoms with Gasteiger partial charge in [-0.05, 0) is 75.2 Å². The molecule has 36 heavy (non-hydrogen) atoms. The maximum Gasteiger partial charge on any atom is 0.246 e. The van der Waals surface area contributed by atoms with Crippen LogP contribution in [-0.2, 0) is 27.5 Å². The van der Waals surface area contributed by atoms with Crippen LogP contribution >= 0.6 is 0 Å². The van der Waals surface area contributed by atoms with Gasteiger partial charge in [-0.3, -0.25) is 9.59 Å². The molecule has 2 saturated heterocycles. The van der Waals surface area contributed by atoms with Crippen molar-refractivity contribution in [2.24, 2.45) is 16.5 Å². The third kappa shape index (κ3) is 5.18. The molecule has 0 saturated carbocycles. The fraction of sp³-hybridized carbons (Fsp3) is 0.429. The van der Waals surface area contributed by atoms with Crippen LogP contribution in [0.5, 0.6) is 0 Å². The Balaban J connectivity index is 1.14. The Morgan fingerprint density at radius 1 is 1.25 bits per heavy atom. The zero-order valence-electron chi connectivity index (χ0n) is 20.9. The third-order valence-corrected chi connectivity index (χ3v) is 7.66. The van der Waals surface area contributed by atoms with Gasteiger partial charge >= 0.3 is 0 Å². The number of fused-ring (bicyclic) bond motifs is 1. The van der Waals surface area contributed by atoms with Crippen LogP contribution in [0.4, 0.5) is 5.82 Å². The minimum absolute atomic E-state index is 0.0259. The molecule has 188 valence electrons. The van der Waals surface area contributed by atoms with Gasteiger partial charge in [0, 0.05) is 31.3 Å². The monoisotopic (exact) mass is 487 g/mol.